The molecule has 20 heavy (non-hydrogen) atoms. The number of nitrogens with one attached hydrogen (secondary N) is 1. The second kappa shape index (κ2) is 6.51. The third kappa shape index (κ3) is 4.43. The Morgan fingerprint density at radius 3 is 2.50 bits per heavy atom. The Hall–Kier alpha value is -1.18. The number of sulfonamides is 1. The van der Waals surface area contributed by atoms with Crippen LogP contribution in [0.4, 0.5) is 4.39 Å². The third-order valence-electron chi connectivity index (χ3n) is 2.50. The maximum absolute atomic E-state index is 13.0. The summed E-state index contributed by atoms with van der Waals surface area (Å²) in [6.07, 6.45) is 0.142. The van der Waals surface area contributed by atoms with Crippen molar-refractivity contribution in [2.75, 3.05) is 0 Å². The first-order chi connectivity index (χ1) is 9.13. The lowest BCUT2D eigenvalue weighted by Gasteiger charge is -2.16. The summed E-state index contributed by atoms with van der Waals surface area (Å²) in [5.74, 6) is -2.02. The van der Waals surface area contributed by atoms with E-state index in [1.54, 1.807) is 13.8 Å². The summed E-state index contributed by atoms with van der Waals surface area (Å²) in [5.41, 5.74) is 0. The van der Waals surface area contributed by atoms with E-state index in [0.29, 0.717) is 0 Å². The monoisotopic (exact) mass is 323 g/mol. The van der Waals surface area contributed by atoms with Gasteiger partial charge in [-0.25, -0.2) is 12.8 Å². The summed E-state index contributed by atoms with van der Waals surface area (Å²) in [7, 11) is -4.07. The van der Waals surface area contributed by atoms with E-state index in [1.165, 1.54) is 0 Å². The highest BCUT2D eigenvalue weighted by Crippen LogP contribution is 2.20. The molecular weight excluding hydrogens is 309 g/mol. The molecule has 0 heterocycles. The number of benzene rings is 1. The highest BCUT2D eigenvalue weighted by molar-refractivity contribution is 7.89. The predicted octanol–water partition coefficient (Wildman–Crippen LogP) is 2.26. The van der Waals surface area contributed by atoms with Gasteiger partial charge >= 0.3 is 5.97 Å². The Bertz CT molecular complexity index is 603. The van der Waals surface area contributed by atoms with Crippen molar-refractivity contribution < 1.29 is 22.7 Å². The zero-order valence-corrected chi connectivity index (χ0v) is 12.5. The summed E-state index contributed by atoms with van der Waals surface area (Å²) >= 11 is 5.52. The van der Waals surface area contributed by atoms with E-state index in [2.05, 4.69) is 4.72 Å². The summed E-state index contributed by atoms with van der Waals surface area (Å²) < 4.78 is 39.2. The van der Waals surface area contributed by atoms with Gasteiger partial charge < -0.3 is 5.11 Å². The van der Waals surface area contributed by atoms with Gasteiger partial charge in [0, 0.05) is 0 Å². The van der Waals surface area contributed by atoms with Crippen LogP contribution in [0.15, 0.2) is 23.1 Å². The van der Waals surface area contributed by atoms with Crippen molar-refractivity contribution in [1.82, 2.24) is 4.72 Å². The van der Waals surface area contributed by atoms with E-state index in [9.17, 15) is 17.6 Å². The van der Waals surface area contributed by atoms with Gasteiger partial charge in [0.15, 0.2) is 0 Å². The average Bonchev–Trinajstić information content (AvgIpc) is 2.30. The number of hydrogen-bond acceptors (Lipinski definition) is 3. The Morgan fingerprint density at radius 1 is 1.45 bits per heavy atom. The van der Waals surface area contributed by atoms with Crippen molar-refractivity contribution in [2.24, 2.45) is 5.92 Å². The van der Waals surface area contributed by atoms with Gasteiger partial charge in [-0.3, -0.25) is 4.79 Å². The van der Waals surface area contributed by atoms with E-state index in [1.807, 2.05) is 0 Å². The topological polar surface area (TPSA) is 83.5 Å². The Morgan fingerprint density at radius 2 is 2.05 bits per heavy atom. The molecule has 2 N–H and O–H groups in total. The molecule has 1 atom stereocenters. The second-order valence-corrected chi connectivity index (χ2v) is 6.84. The van der Waals surface area contributed by atoms with E-state index in [-0.39, 0.29) is 22.3 Å². The zero-order chi connectivity index (χ0) is 15.5. The van der Waals surface area contributed by atoms with E-state index < -0.39 is 27.9 Å². The van der Waals surface area contributed by atoms with Crippen LogP contribution < -0.4 is 4.72 Å². The van der Waals surface area contributed by atoms with Gasteiger partial charge in [-0.1, -0.05) is 25.4 Å². The van der Waals surface area contributed by atoms with Gasteiger partial charge in [0.05, 0.1) is 9.92 Å². The van der Waals surface area contributed by atoms with Crippen LogP contribution >= 0.6 is 11.6 Å². The lowest BCUT2D eigenvalue weighted by atomic mass is 10.1. The predicted molar refractivity (Wildman–Crippen MR) is 72.6 cm³/mol. The van der Waals surface area contributed by atoms with E-state index in [0.717, 1.165) is 18.2 Å². The van der Waals surface area contributed by atoms with Crippen LogP contribution in [0.5, 0.6) is 0 Å². The summed E-state index contributed by atoms with van der Waals surface area (Å²) in [4.78, 5) is 10.8. The molecule has 0 aliphatic rings. The fraction of sp³-hybridized carbons (Fsp3) is 0.417. The number of carboxylic acid groups (broad SMARTS) is 1. The Labute approximate surface area is 121 Å². The van der Waals surface area contributed by atoms with Gasteiger partial charge in [0.25, 0.3) is 0 Å². The van der Waals surface area contributed by atoms with Crippen molar-refractivity contribution in [2.45, 2.75) is 31.2 Å². The van der Waals surface area contributed by atoms with Crippen LogP contribution in [-0.4, -0.2) is 25.5 Å². The number of carboxylic acids is 1. The maximum Gasteiger partial charge on any atom is 0.321 e. The minimum atomic E-state index is -4.07. The van der Waals surface area contributed by atoms with Gasteiger partial charge in [0.2, 0.25) is 10.0 Å². The second-order valence-electron chi connectivity index (χ2n) is 4.72. The molecule has 8 heteroatoms. The fourth-order valence-corrected chi connectivity index (χ4v) is 3.04. The minimum Gasteiger partial charge on any atom is -0.480 e. The van der Waals surface area contributed by atoms with Crippen LogP contribution in [0.2, 0.25) is 5.02 Å². The number of rotatable bonds is 6. The summed E-state index contributed by atoms with van der Waals surface area (Å²) in [5, 5.41) is 8.67. The molecule has 0 aliphatic carbocycles. The highest BCUT2D eigenvalue weighted by Gasteiger charge is 2.26. The SMILES string of the molecule is CC(C)C[C@H](NS(=O)(=O)c1ccc(F)c(Cl)c1)C(=O)O. The summed E-state index contributed by atoms with van der Waals surface area (Å²) in [6.45, 7) is 3.55. The molecule has 112 valence electrons. The third-order valence-corrected chi connectivity index (χ3v) is 4.26. The van der Waals surface area contributed by atoms with Crippen LogP contribution in [0.3, 0.4) is 0 Å². The van der Waals surface area contributed by atoms with Crippen molar-refractivity contribution in [1.29, 1.82) is 0 Å². The minimum absolute atomic E-state index is 0.00407. The molecule has 0 aromatic heterocycles. The van der Waals surface area contributed by atoms with Crippen LogP contribution in [-0.2, 0) is 14.8 Å². The molecule has 1 aromatic carbocycles. The zero-order valence-electron chi connectivity index (χ0n) is 10.9. The molecule has 0 aliphatic heterocycles. The molecule has 0 spiro atoms. The Kier molecular flexibility index (Phi) is 5.50. The van der Waals surface area contributed by atoms with Crippen LogP contribution in [0, 0.1) is 11.7 Å². The number of aliphatic carboxylic acids is 1. The first kappa shape index (κ1) is 16.9. The fourth-order valence-electron chi connectivity index (χ4n) is 1.57. The highest BCUT2D eigenvalue weighted by atomic mass is 35.5. The quantitative estimate of drug-likeness (QED) is 0.841. The molecule has 1 aromatic rings. The standard InChI is InChI=1S/C12H15ClFNO4S/c1-7(2)5-11(12(16)17)15-20(18,19)8-3-4-10(14)9(13)6-8/h3-4,6-7,11,15H,5H2,1-2H3,(H,16,17)/t11-/m0/s1. The molecule has 1 rings (SSSR count). The van der Waals surface area contributed by atoms with E-state index in [4.69, 9.17) is 16.7 Å². The maximum atomic E-state index is 13.0. The van der Waals surface area contributed by atoms with Crippen LogP contribution in [0.25, 0.3) is 0 Å². The van der Waals surface area contributed by atoms with Gasteiger partial charge in [-0.05, 0) is 30.5 Å². The van der Waals surface area contributed by atoms with Gasteiger partial charge in [0.1, 0.15) is 11.9 Å². The number of halogens is 2. The normalized spacial score (nSPS) is 13.4. The lowest BCUT2D eigenvalue weighted by molar-refractivity contribution is -0.139. The molecule has 0 fully saturated rings. The molecule has 0 amide bonds. The van der Waals surface area contributed by atoms with Gasteiger partial charge in [-0.15, -0.1) is 0 Å². The molecular formula is C12H15ClFNO4S. The average molecular weight is 324 g/mol. The van der Waals surface area contributed by atoms with Crippen molar-refractivity contribution in [3.8, 4) is 0 Å². The molecule has 0 bridgehead atoms. The van der Waals surface area contributed by atoms with Crippen LogP contribution in [0.1, 0.15) is 20.3 Å². The largest absolute Gasteiger partial charge is 0.480 e. The van der Waals surface area contributed by atoms with Crippen molar-refractivity contribution in [3.63, 3.8) is 0 Å². The van der Waals surface area contributed by atoms with Crippen molar-refractivity contribution >= 4 is 27.6 Å². The molecule has 0 saturated heterocycles. The number of hydrogen-bond donors (Lipinski definition) is 2. The first-order valence-corrected chi connectivity index (χ1v) is 7.69. The van der Waals surface area contributed by atoms with E-state index >= 15 is 0 Å². The molecule has 0 radical (unpaired) electrons. The summed E-state index contributed by atoms with van der Waals surface area (Å²) in [6, 6.07) is 1.63. The van der Waals surface area contributed by atoms with Gasteiger partial charge in [-0.2, -0.15) is 4.72 Å². The van der Waals surface area contributed by atoms with Crippen molar-refractivity contribution in [3.05, 3.63) is 29.0 Å². The first-order valence-electron chi connectivity index (χ1n) is 5.83. The molecule has 5 nitrogen and oxygen atoms in total. The lowest BCUT2D eigenvalue weighted by Crippen LogP contribution is -2.41. The number of carbonyl (C=O) groups is 1. The molecule has 0 saturated carbocycles. The Balaban J connectivity index is 3.03. The molecule has 0 unspecified atom stereocenters. The smallest absolute Gasteiger partial charge is 0.321 e.